The number of imidazole rings is 1. The predicted molar refractivity (Wildman–Crippen MR) is 105 cm³/mol. The molecule has 5 rings (SSSR count). The number of ether oxygens (including phenoxy) is 2. The Labute approximate surface area is 163 Å². The van der Waals surface area contributed by atoms with Crippen LogP contribution in [0.5, 0.6) is 6.01 Å². The van der Waals surface area contributed by atoms with Gasteiger partial charge in [0.2, 0.25) is 0 Å². The first-order chi connectivity index (χ1) is 13.8. The first-order valence-corrected chi connectivity index (χ1v) is 9.89. The molecular weight excluding hydrogens is 354 g/mol. The number of hydrogen-bond donors (Lipinski definition) is 0. The number of likely N-dealkylation sites (tertiary alicyclic amines) is 1. The number of piperidine rings is 1. The topological polar surface area (TPSA) is 56.6 Å². The maximum absolute atomic E-state index is 12.8. The molecule has 3 heterocycles. The van der Waals surface area contributed by atoms with Crippen LogP contribution in [0, 0.1) is 0 Å². The van der Waals surface area contributed by atoms with E-state index in [1.807, 2.05) is 53.4 Å². The Morgan fingerprint density at radius 2 is 1.93 bits per heavy atom. The summed E-state index contributed by atoms with van der Waals surface area (Å²) >= 11 is 0. The molecule has 1 amide bonds. The molecule has 6 heteroatoms. The lowest BCUT2D eigenvalue weighted by Crippen LogP contribution is -2.51. The van der Waals surface area contributed by atoms with Gasteiger partial charge in [0.15, 0.2) is 0 Å². The van der Waals surface area contributed by atoms with Crippen LogP contribution in [-0.2, 0) is 17.9 Å². The summed E-state index contributed by atoms with van der Waals surface area (Å²) in [4.78, 5) is 19.2. The summed E-state index contributed by atoms with van der Waals surface area (Å²) in [5.74, 6) is 0. The van der Waals surface area contributed by atoms with Gasteiger partial charge in [0.25, 0.3) is 6.01 Å². The number of amides is 1. The zero-order chi connectivity index (χ0) is 18.9. The number of benzene rings is 2. The van der Waals surface area contributed by atoms with Crippen molar-refractivity contribution in [3.63, 3.8) is 0 Å². The van der Waals surface area contributed by atoms with Crippen molar-refractivity contribution in [2.24, 2.45) is 0 Å². The molecule has 2 atom stereocenters. The Morgan fingerprint density at radius 3 is 2.82 bits per heavy atom. The molecule has 0 radical (unpaired) electrons. The lowest BCUT2D eigenvalue weighted by Gasteiger charge is -2.37. The van der Waals surface area contributed by atoms with E-state index in [0.29, 0.717) is 25.7 Å². The number of fused-ring (bicyclic) bond motifs is 3. The van der Waals surface area contributed by atoms with E-state index in [-0.39, 0.29) is 18.2 Å². The number of nitrogens with zero attached hydrogens (tertiary/aromatic N) is 3. The van der Waals surface area contributed by atoms with E-state index in [1.54, 1.807) is 0 Å². The van der Waals surface area contributed by atoms with Crippen LogP contribution in [0.3, 0.4) is 0 Å². The summed E-state index contributed by atoms with van der Waals surface area (Å²) in [5, 5.41) is 0. The second-order valence-corrected chi connectivity index (χ2v) is 7.45. The molecule has 2 aromatic carbocycles. The zero-order valence-corrected chi connectivity index (χ0v) is 15.7. The van der Waals surface area contributed by atoms with Crippen molar-refractivity contribution >= 4 is 17.1 Å². The molecule has 0 bridgehead atoms. The molecule has 0 aliphatic carbocycles. The molecule has 0 saturated carbocycles. The lowest BCUT2D eigenvalue weighted by molar-refractivity contribution is 0.0293. The molecule has 1 saturated heterocycles. The van der Waals surface area contributed by atoms with Gasteiger partial charge in [0.05, 0.1) is 23.6 Å². The molecule has 144 valence electrons. The van der Waals surface area contributed by atoms with E-state index in [4.69, 9.17) is 9.47 Å². The van der Waals surface area contributed by atoms with Crippen molar-refractivity contribution in [1.29, 1.82) is 0 Å². The lowest BCUT2D eigenvalue weighted by atomic mass is 9.97. The van der Waals surface area contributed by atoms with Gasteiger partial charge in [-0.25, -0.2) is 4.79 Å². The molecular formula is C22H23N3O3. The normalized spacial score (nSPS) is 21.4. The number of carbonyl (C=O) groups is 1. The van der Waals surface area contributed by atoms with E-state index in [2.05, 4.69) is 15.6 Å². The molecule has 28 heavy (non-hydrogen) atoms. The minimum absolute atomic E-state index is 0.0116. The summed E-state index contributed by atoms with van der Waals surface area (Å²) in [5.41, 5.74) is 3.01. The Hall–Kier alpha value is -3.02. The predicted octanol–water partition coefficient (Wildman–Crippen LogP) is 3.99. The summed E-state index contributed by atoms with van der Waals surface area (Å²) in [7, 11) is 0. The van der Waals surface area contributed by atoms with Crippen molar-refractivity contribution in [3.05, 3.63) is 60.2 Å². The highest BCUT2D eigenvalue weighted by molar-refractivity contribution is 5.77. The molecule has 3 aromatic rings. The fraction of sp³-hybridized carbons (Fsp3) is 0.364. The maximum atomic E-state index is 12.8. The Balaban J connectivity index is 1.30. The van der Waals surface area contributed by atoms with Gasteiger partial charge in [-0.1, -0.05) is 42.5 Å². The second kappa shape index (κ2) is 7.19. The Bertz CT molecular complexity index is 985. The molecule has 2 unspecified atom stereocenters. The number of hydrogen-bond acceptors (Lipinski definition) is 4. The smallest absolute Gasteiger partial charge is 0.410 e. The van der Waals surface area contributed by atoms with Crippen molar-refractivity contribution in [3.8, 4) is 6.01 Å². The highest BCUT2D eigenvalue weighted by Gasteiger charge is 2.39. The maximum Gasteiger partial charge on any atom is 0.410 e. The van der Waals surface area contributed by atoms with Crippen LogP contribution in [0.2, 0.25) is 0 Å². The van der Waals surface area contributed by atoms with Gasteiger partial charge in [0.1, 0.15) is 12.7 Å². The second-order valence-electron chi connectivity index (χ2n) is 7.45. The Morgan fingerprint density at radius 1 is 1.11 bits per heavy atom. The van der Waals surface area contributed by atoms with Crippen LogP contribution >= 0.6 is 0 Å². The average Bonchev–Trinajstić information content (AvgIpc) is 3.31. The number of carbonyl (C=O) groups excluding carboxylic acids is 1. The number of para-hydroxylation sites is 2. The zero-order valence-electron chi connectivity index (χ0n) is 15.7. The molecule has 1 fully saturated rings. The van der Waals surface area contributed by atoms with Crippen LogP contribution < -0.4 is 4.74 Å². The number of aromatic nitrogens is 2. The highest BCUT2D eigenvalue weighted by Crippen LogP contribution is 2.32. The standard InChI is InChI=1S/C22H23N3O3/c26-22(27-15-16-8-2-1-3-9-16)24-13-7-6-12-19(24)20-14-25-18-11-5-4-10-17(18)23-21(25)28-20/h1-5,8-11,19-20H,6-7,12-15H2. The molecule has 0 N–H and O–H groups in total. The van der Waals surface area contributed by atoms with Gasteiger partial charge in [-0.3, -0.25) is 4.57 Å². The molecule has 0 spiro atoms. The van der Waals surface area contributed by atoms with E-state index in [0.717, 1.165) is 35.9 Å². The molecule has 6 nitrogen and oxygen atoms in total. The van der Waals surface area contributed by atoms with Gasteiger partial charge >= 0.3 is 6.09 Å². The quantitative estimate of drug-likeness (QED) is 0.693. The monoisotopic (exact) mass is 377 g/mol. The fourth-order valence-electron chi connectivity index (χ4n) is 4.25. The summed E-state index contributed by atoms with van der Waals surface area (Å²) < 4.78 is 13.9. The largest absolute Gasteiger partial charge is 0.457 e. The van der Waals surface area contributed by atoms with Crippen LogP contribution in [0.1, 0.15) is 24.8 Å². The van der Waals surface area contributed by atoms with Crippen molar-refractivity contribution < 1.29 is 14.3 Å². The van der Waals surface area contributed by atoms with E-state index >= 15 is 0 Å². The van der Waals surface area contributed by atoms with Crippen LogP contribution in [0.4, 0.5) is 4.79 Å². The first-order valence-electron chi connectivity index (χ1n) is 9.89. The summed E-state index contributed by atoms with van der Waals surface area (Å²) in [6.07, 6.45) is 2.67. The van der Waals surface area contributed by atoms with E-state index < -0.39 is 0 Å². The van der Waals surface area contributed by atoms with Crippen molar-refractivity contribution in [1.82, 2.24) is 14.5 Å². The van der Waals surface area contributed by atoms with Crippen LogP contribution in [0.15, 0.2) is 54.6 Å². The summed E-state index contributed by atoms with van der Waals surface area (Å²) in [6.45, 7) is 1.71. The van der Waals surface area contributed by atoms with E-state index in [9.17, 15) is 4.79 Å². The molecule has 2 aliphatic rings. The van der Waals surface area contributed by atoms with Gasteiger partial charge in [-0.05, 0) is 37.0 Å². The van der Waals surface area contributed by atoms with Crippen LogP contribution in [-0.4, -0.2) is 39.2 Å². The minimum Gasteiger partial charge on any atom is -0.457 e. The van der Waals surface area contributed by atoms with E-state index in [1.165, 1.54) is 0 Å². The highest BCUT2D eigenvalue weighted by atomic mass is 16.6. The third-order valence-electron chi connectivity index (χ3n) is 5.66. The molecule has 2 aliphatic heterocycles. The minimum atomic E-state index is -0.258. The van der Waals surface area contributed by atoms with Crippen LogP contribution in [0.25, 0.3) is 11.0 Å². The summed E-state index contributed by atoms with van der Waals surface area (Å²) in [6, 6.07) is 18.5. The first kappa shape index (κ1) is 17.1. The average molecular weight is 377 g/mol. The fourth-order valence-corrected chi connectivity index (χ4v) is 4.25. The van der Waals surface area contributed by atoms with Gasteiger partial charge in [0, 0.05) is 6.54 Å². The third kappa shape index (κ3) is 3.09. The van der Waals surface area contributed by atoms with Crippen molar-refractivity contribution in [2.45, 2.75) is 44.6 Å². The van der Waals surface area contributed by atoms with Gasteiger partial charge in [-0.2, -0.15) is 4.98 Å². The Kier molecular flexibility index (Phi) is 4.39. The van der Waals surface area contributed by atoms with Crippen molar-refractivity contribution in [2.75, 3.05) is 6.54 Å². The van der Waals surface area contributed by atoms with Gasteiger partial charge in [-0.15, -0.1) is 0 Å². The van der Waals surface area contributed by atoms with Gasteiger partial charge < -0.3 is 14.4 Å². The SMILES string of the molecule is O=C(OCc1ccccc1)N1CCCCC1C1Cn2c(nc3ccccc32)O1. The number of rotatable bonds is 3. The third-order valence-corrected chi connectivity index (χ3v) is 5.66. The molecule has 1 aromatic heterocycles.